The summed E-state index contributed by atoms with van der Waals surface area (Å²) in [6.45, 7) is 10.5. The number of rotatable bonds is 7. The minimum atomic E-state index is -0.327. The molecule has 0 bridgehead atoms. The maximum absolute atomic E-state index is 9.55. The molecule has 0 aromatic heterocycles. The van der Waals surface area contributed by atoms with Gasteiger partial charge in [0.2, 0.25) is 0 Å². The first-order valence-electron chi connectivity index (χ1n) is 6.83. The van der Waals surface area contributed by atoms with E-state index in [9.17, 15) is 5.26 Å². The third kappa shape index (κ3) is 3.43. The highest BCUT2D eigenvalue weighted by Gasteiger charge is 2.46. The molecule has 1 rings (SSSR count). The first-order valence-corrected chi connectivity index (χ1v) is 6.83. The summed E-state index contributed by atoms with van der Waals surface area (Å²) in [5.41, 5.74) is -0.327. The van der Waals surface area contributed by atoms with Crippen molar-refractivity contribution in [2.45, 2.75) is 52.1 Å². The first kappa shape index (κ1) is 14.5. The second kappa shape index (κ2) is 5.84. The molecule has 3 nitrogen and oxygen atoms in total. The third-order valence-corrected chi connectivity index (χ3v) is 4.12. The van der Waals surface area contributed by atoms with Crippen LogP contribution in [0.2, 0.25) is 0 Å². The molecular weight excluding hydrogens is 210 g/mol. The predicted octanol–water partition coefficient (Wildman–Crippen LogP) is 2.24. The van der Waals surface area contributed by atoms with Crippen molar-refractivity contribution in [2.75, 3.05) is 20.1 Å². The monoisotopic (exact) mass is 237 g/mol. The predicted molar refractivity (Wildman–Crippen MR) is 71.7 cm³/mol. The molecule has 1 fully saturated rings. The fourth-order valence-corrected chi connectivity index (χ4v) is 2.43. The van der Waals surface area contributed by atoms with Gasteiger partial charge in [-0.2, -0.15) is 5.26 Å². The maximum atomic E-state index is 9.55. The van der Waals surface area contributed by atoms with Crippen LogP contribution in [0.25, 0.3) is 0 Å². The van der Waals surface area contributed by atoms with Gasteiger partial charge < -0.3 is 4.90 Å². The van der Waals surface area contributed by atoms with E-state index in [-0.39, 0.29) is 5.54 Å². The van der Waals surface area contributed by atoms with Crippen LogP contribution < -0.4 is 5.32 Å². The quantitative estimate of drug-likeness (QED) is 0.738. The van der Waals surface area contributed by atoms with Crippen LogP contribution in [0.1, 0.15) is 40.5 Å². The molecule has 0 heterocycles. The molecule has 17 heavy (non-hydrogen) atoms. The van der Waals surface area contributed by atoms with Crippen LogP contribution in [0.4, 0.5) is 0 Å². The molecule has 1 N–H and O–H groups in total. The van der Waals surface area contributed by atoms with Crippen molar-refractivity contribution in [3.05, 3.63) is 0 Å². The normalized spacial score (nSPS) is 21.3. The van der Waals surface area contributed by atoms with E-state index in [2.05, 4.69) is 51.0 Å². The lowest BCUT2D eigenvalue weighted by molar-refractivity contribution is 0.157. The lowest BCUT2D eigenvalue weighted by Gasteiger charge is -2.36. The van der Waals surface area contributed by atoms with Gasteiger partial charge in [-0.05, 0) is 45.2 Å². The number of nitrogens with one attached hydrogen (secondary N) is 1. The topological polar surface area (TPSA) is 39.1 Å². The van der Waals surface area contributed by atoms with Crippen LogP contribution >= 0.6 is 0 Å². The molecule has 0 radical (unpaired) electrons. The zero-order valence-electron chi connectivity index (χ0n) is 12.0. The summed E-state index contributed by atoms with van der Waals surface area (Å²) < 4.78 is 0. The van der Waals surface area contributed by atoms with Gasteiger partial charge in [-0.1, -0.05) is 20.8 Å². The van der Waals surface area contributed by atoms with Crippen molar-refractivity contribution < 1.29 is 0 Å². The van der Waals surface area contributed by atoms with Gasteiger partial charge >= 0.3 is 0 Å². The van der Waals surface area contributed by atoms with Crippen LogP contribution in [-0.4, -0.2) is 36.6 Å². The number of likely N-dealkylation sites (N-methyl/N-ethyl adjacent to an activating group) is 2. The summed E-state index contributed by atoms with van der Waals surface area (Å²) in [4.78, 5) is 2.33. The largest absolute Gasteiger partial charge is 0.301 e. The second-order valence-electron chi connectivity index (χ2n) is 5.79. The first-order chi connectivity index (χ1) is 7.96. The van der Waals surface area contributed by atoms with Crippen molar-refractivity contribution in [2.24, 2.45) is 11.8 Å². The van der Waals surface area contributed by atoms with Crippen molar-refractivity contribution in [3.63, 3.8) is 0 Å². The van der Waals surface area contributed by atoms with Gasteiger partial charge in [0, 0.05) is 12.6 Å². The Morgan fingerprint density at radius 3 is 2.35 bits per heavy atom. The highest BCUT2D eigenvalue weighted by Crippen LogP contribution is 2.40. The number of hydrogen-bond donors (Lipinski definition) is 1. The van der Waals surface area contributed by atoms with Crippen LogP contribution in [0.15, 0.2) is 0 Å². The van der Waals surface area contributed by atoms with E-state index in [1.165, 1.54) is 12.8 Å². The van der Waals surface area contributed by atoms with Gasteiger partial charge in [-0.3, -0.25) is 5.32 Å². The summed E-state index contributed by atoms with van der Waals surface area (Å²) in [5.74, 6) is 1.17. The molecule has 0 amide bonds. The molecule has 2 unspecified atom stereocenters. The second-order valence-corrected chi connectivity index (χ2v) is 5.79. The van der Waals surface area contributed by atoms with Crippen LogP contribution in [0, 0.1) is 23.2 Å². The zero-order chi connectivity index (χ0) is 13.1. The molecule has 0 saturated heterocycles. The van der Waals surface area contributed by atoms with Crippen LogP contribution in [0.3, 0.4) is 0 Å². The van der Waals surface area contributed by atoms with Crippen molar-refractivity contribution in [3.8, 4) is 6.07 Å². The average molecular weight is 237 g/mol. The van der Waals surface area contributed by atoms with E-state index >= 15 is 0 Å². The Bertz CT molecular complexity index is 278. The Balaban J connectivity index is 2.69. The minimum Gasteiger partial charge on any atom is -0.301 e. The smallest absolute Gasteiger partial charge is 0.122 e. The molecular formula is C14H27N3. The van der Waals surface area contributed by atoms with Crippen LogP contribution in [-0.2, 0) is 0 Å². The third-order valence-electron chi connectivity index (χ3n) is 4.12. The van der Waals surface area contributed by atoms with E-state index in [1.54, 1.807) is 0 Å². The highest BCUT2D eigenvalue weighted by atomic mass is 15.2. The fraction of sp³-hybridized carbons (Fsp3) is 0.929. The van der Waals surface area contributed by atoms with Crippen LogP contribution in [0.5, 0.6) is 0 Å². The van der Waals surface area contributed by atoms with Gasteiger partial charge in [-0.15, -0.1) is 0 Å². The van der Waals surface area contributed by atoms with Crippen molar-refractivity contribution >= 4 is 0 Å². The minimum absolute atomic E-state index is 0.327. The Labute approximate surface area is 106 Å². The molecule has 0 aromatic rings. The number of hydrogen-bond acceptors (Lipinski definition) is 3. The Morgan fingerprint density at radius 2 is 2.00 bits per heavy atom. The average Bonchev–Trinajstić information content (AvgIpc) is 3.11. The fourth-order valence-electron chi connectivity index (χ4n) is 2.43. The molecule has 0 spiro atoms. The summed E-state index contributed by atoms with van der Waals surface area (Å²) >= 11 is 0. The highest BCUT2D eigenvalue weighted by molar-refractivity contribution is 5.16. The zero-order valence-corrected chi connectivity index (χ0v) is 12.0. The number of nitriles is 1. The standard InChI is InChI=1S/C14H27N3/c1-6-16-14(9-15,13-7-8-13)10-17(5)12(4)11(2)3/h11-13,16H,6-8,10H2,1-5H3. The van der Waals surface area contributed by atoms with Gasteiger partial charge in [0.05, 0.1) is 6.07 Å². The number of nitrogens with zero attached hydrogens (tertiary/aromatic N) is 2. The van der Waals surface area contributed by atoms with E-state index in [1.807, 2.05) is 0 Å². The van der Waals surface area contributed by atoms with Crippen molar-refractivity contribution in [1.29, 1.82) is 5.26 Å². The Hall–Kier alpha value is -0.590. The van der Waals surface area contributed by atoms with Gasteiger partial charge in [-0.25, -0.2) is 0 Å². The molecule has 1 saturated carbocycles. The lowest BCUT2D eigenvalue weighted by Crippen LogP contribution is -2.55. The SMILES string of the molecule is CCNC(C#N)(CN(C)C(C)C(C)C)C1CC1. The molecule has 0 aliphatic heterocycles. The Morgan fingerprint density at radius 1 is 1.41 bits per heavy atom. The van der Waals surface area contributed by atoms with Gasteiger partial charge in [0.15, 0.2) is 0 Å². The van der Waals surface area contributed by atoms with Crippen molar-refractivity contribution in [1.82, 2.24) is 10.2 Å². The molecule has 2 atom stereocenters. The van der Waals surface area contributed by atoms with Gasteiger partial charge in [0.25, 0.3) is 0 Å². The molecule has 98 valence electrons. The van der Waals surface area contributed by atoms with E-state index < -0.39 is 0 Å². The summed E-state index contributed by atoms with van der Waals surface area (Å²) in [6, 6.07) is 3.06. The summed E-state index contributed by atoms with van der Waals surface area (Å²) in [5, 5.41) is 13.0. The maximum Gasteiger partial charge on any atom is 0.122 e. The van der Waals surface area contributed by atoms with E-state index in [0.717, 1.165) is 13.1 Å². The summed E-state index contributed by atoms with van der Waals surface area (Å²) in [7, 11) is 2.14. The molecule has 0 aromatic carbocycles. The van der Waals surface area contributed by atoms with E-state index in [0.29, 0.717) is 17.9 Å². The van der Waals surface area contributed by atoms with Gasteiger partial charge in [0.1, 0.15) is 5.54 Å². The lowest BCUT2D eigenvalue weighted by atomic mass is 9.92. The Kier molecular flexibility index (Phi) is 4.97. The molecule has 3 heteroatoms. The summed E-state index contributed by atoms with van der Waals surface area (Å²) in [6.07, 6.45) is 2.40. The molecule has 1 aliphatic rings. The van der Waals surface area contributed by atoms with E-state index in [4.69, 9.17) is 0 Å². The molecule has 1 aliphatic carbocycles.